The molecule has 0 spiro atoms. The van der Waals surface area contributed by atoms with Gasteiger partial charge in [-0.15, -0.1) is 0 Å². The van der Waals surface area contributed by atoms with Crippen LogP contribution in [0.1, 0.15) is 40.2 Å². The first kappa shape index (κ1) is 26.0. The SMILES string of the molecule is COC(=O)CC1=C(C(=O)O)C(c2c(Cl)cccc2Cl)C(C(=O)O)=C(CCc2ccccc2C=O)N1. The van der Waals surface area contributed by atoms with E-state index in [1.807, 2.05) is 0 Å². The molecule has 0 saturated heterocycles. The van der Waals surface area contributed by atoms with Crippen molar-refractivity contribution in [3.63, 3.8) is 0 Å². The standard InChI is InChI=1S/C25H21Cl2NO7/c1-35-19(30)11-18-22(25(33)34)23(20-15(26)7-4-8-16(20)27)21(24(31)32)17(28-18)10-9-13-5-2-3-6-14(13)12-29/h2-8,12,23,28H,9-11H2,1H3,(H,31,32)(H,33,34). The predicted molar refractivity (Wildman–Crippen MR) is 128 cm³/mol. The second-order valence-electron chi connectivity index (χ2n) is 7.66. The Bertz CT molecular complexity index is 1250. The molecule has 0 radical (unpaired) electrons. The van der Waals surface area contributed by atoms with Gasteiger partial charge in [-0.3, -0.25) is 9.59 Å². The number of carbonyl (C=O) groups excluding carboxylic acids is 2. The number of hydrogen-bond acceptors (Lipinski definition) is 6. The molecule has 0 aliphatic carbocycles. The number of esters is 1. The number of dihydropyridines is 1. The number of allylic oxidation sites excluding steroid dienone is 1. The average molecular weight is 518 g/mol. The van der Waals surface area contributed by atoms with Gasteiger partial charge in [-0.25, -0.2) is 9.59 Å². The molecular formula is C25H21Cl2NO7. The van der Waals surface area contributed by atoms with Gasteiger partial charge in [0.1, 0.15) is 6.29 Å². The fourth-order valence-corrected chi connectivity index (χ4v) is 4.70. The van der Waals surface area contributed by atoms with Crippen molar-refractivity contribution in [1.82, 2.24) is 5.32 Å². The number of halogens is 2. The molecule has 35 heavy (non-hydrogen) atoms. The highest BCUT2D eigenvalue weighted by atomic mass is 35.5. The topological polar surface area (TPSA) is 130 Å². The van der Waals surface area contributed by atoms with Crippen molar-refractivity contribution in [1.29, 1.82) is 0 Å². The van der Waals surface area contributed by atoms with Crippen LogP contribution in [0.3, 0.4) is 0 Å². The van der Waals surface area contributed by atoms with Gasteiger partial charge >= 0.3 is 17.9 Å². The molecule has 182 valence electrons. The number of methoxy groups -OCH3 is 1. The minimum atomic E-state index is -1.44. The lowest BCUT2D eigenvalue weighted by Gasteiger charge is -2.32. The van der Waals surface area contributed by atoms with Crippen molar-refractivity contribution in [2.45, 2.75) is 25.2 Å². The summed E-state index contributed by atoms with van der Waals surface area (Å²) in [5.74, 6) is -4.92. The first-order chi connectivity index (χ1) is 16.7. The molecule has 3 rings (SSSR count). The minimum absolute atomic E-state index is 0.0333. The van der Waals surface area contributed by atoms with E-state index in [1.165, 1.54) is 12.1 Å². The second kappa shape index (κ2) is 11.2. The molecule has 1 aliphatic rings. The van der Waals surface area contributed by atoms with Crippen LogP contribution in [0.4, 0.5) is 0 Å². The highest BCUT2D eigenvalue weighted by molar-refractivity contribution is 6.36. The monoisotopic (exact) mass is 517 g/mol. The average Bonchev–Trinajstić information content (AvgIpc) is 2.82. The summed E-state index contributed by atoms with van der Waals surface area (Å²) in [6.07, 6.45) is 0.624. The third-order valence-electron chi connectivity index (χ3n) is 5.65. The van der Waals surface area contributed by atoms with Crippen molar-refractivity contribution < 1.29 is 34.1 Å². The van der Waals surface area contributed by atoms with E-state index in [1.54, 1.807) is 30.3 Å². The number of rotatable bonds is 9. The molecule has 2 aromatic carbocycles. The normalized spacial score (nSPS) is 15.5. The van der Waals surface area contributed by atoms with Crippen LogP contribution in [-0.2, 0) is 25.5 Å². The lowest BCUT2D eigenvalue weighted by Crippen LogP contribution is -2.34. The van der Waals surface area contributed by atoms with Crippen LogP contribution in [0.5, 0.6) is 0 Å². The molecular weight excluding hydrogens is 497 g/mol. The molecule has 0 fully saturated rings. The van der Waals surface area contributed by atoms with Crippen LogP contribution in [0.15, 0.2) is 65.0 Å². The largest absolute Gasteiger partial charge is 0.478 e. The molecule has 1 atom stereocenters. The number of carboxylic acids is 2. The molecule has 10 heteroatoms. The number of aryl methyl sites for hydroxylation is 1. The van der Waals surface area contributed by atoms with Crippen LogP contribution in [0.25, 0.3) is 0 Å². The lowest BCUT2D eigenvalue weighted by atomic mass is 9.78. The molecule has 0 bridgehead atoms. The van der Waals surface area contributed by atoms with E-state index in [4.69, 9.17) is 27.9 Å². The van der Waals surface area contributed by atoms with E-state index in [9.17, 15) is 29.4 Å². The maximum Gasteiger partial charge on any atom is 0.334 e. The third kappa shape index (κ3) is 5.55. The third-order valence-corrected chi connectivity index (χ3v) is 6.31. The van der Waals surface area contributed by atoms with E-state index in [0.29, 0.717) is 17.4 Å². The molecule has 0 aromatic heterocycles. The van der Waals surface area contributed by atoms with E-state index in [0.717, 1.165) is 7.11 Å². The maximum atomic E-state index is 12.5. The number of carboxylic acid groups (broad SMARTS) is 2. The first-order valence-electron chi connectivity index (χ1n) is 10.4. The highest BCUT2D eigenvalue weighted by Crippen LogP contribution is 2.45. The fraction of sp³-hybridized carbons (Fsp3) is 0.200. The first-order valence-corrected chi connectivity index (χ1v) is 11.2. The number of carbonyl (C=O) groups is 4. The zero-order valence-electron chi connectivity index (χ0n) is 18.5. The van der Waals surface area contributed by atoms with Crippen molar-refractivity contribution in [3.8, 4) is 0 Å². The summed E-state index contributed by atoms with van der Waals surface area (Å²) in [7, 11) is 1.16. The molecule has 3 N–H and O–H groups in total. The highest BCUT2D eigenvalue weighted by Gasteiger charge is 2.40. The maximum absolute atomic E-state index is 12.5. The fourth-order valence-electron chi connectivity index (χ4n) is 4.08. The summed E-state index contributed by atoms with van der Waals surface area (Å²) in [5.41, 5.74) is 0.714. The van der Waals surface area contributed by atoms with Gasteiger partial charge in [0.25, 0.3) is 0 Å². The van der Waals surface area contributed by atoms with Gasteiger partial charge in [0, 0.05) is 32.6 Å². The van der Waals surface area contributed by atoms with Gasteiger partial charge in [-0.2, -0.15) is 0 Å². The summed E-state index contributed by atoms with van der Waals surface area (Å²) in [5, 5.41) is 23.3. The smallest absolute Gasteiger partial charge is 0.334 e. The summed E-state index contributed by atoms with van der Waals surface area (Å²) in [4.78, 5) is 48.4. The molecule has 1 unspecified atom stereocenters. The molecule has 2 aromatic rings. The molecule has 8 nitrogen and oxygen atoms in total. The number of aldehydes is 1. The van der Waals surface area contributed by atoms with Gasteiger partial charge in [0.05, 0.1) is 30.6 Å². The Kier molecular flexibility index (Phi) is 8.32. The Balaban J connectivity index is 2.23. The van der Waals surface area contributed by atoms with E-state index < -0.39 is 30.2 Å². The van der Waals surface area contributed by atoms with Crippen molar-refractivity contribution >= 4 is 47.4 Å². The Morgan fingerprint density at radius 3 is 2.11 bits per heavy atom. The quantitative estimate of drug-likeness (QED) is 0.330. The van der Waals surface area contributed by atoms with E-state index >= 15 is 0 Å². The van der Waals surface area contributed by atoms with Crippen molar-refractivity contribution in [2.75, 3.05) is 7.11 Å². The summed E-state index contributed by atoms with van der Waals surface area (Å²) in [6, 6.07) is 11.3. The van der Waals surface area contributed by atoms with Crippen LogP contribution in [0, 0.1) is 0 Å². The number of hydrogen-bond donors (Lipinski definition) is 3. The van der Waals surface area contributed by atoms with Crippen molar-refractivity contribution in [2.24, 2.45) is 0 Å². The van der Waals surface area contributed by atoms with Crippen molar-refractivity contribution in [3.05, 3.63) is 91.7 Å². The Morgan fingerprint density at radius 2 is 1.54 bits per heavy atom. The summed E-state index contributed by atoms with van der Waals surface area (Å²) < 4.78 is 4.71. The van der Waals surface area contributed by atoms with Gasteiger partial charge in [-0.1, -0.05) is 53.5 Å². The number of benzene rings is 2. The predicted octanol–water partition coefficient (Wildman–Crippen LogP) is 4.37. The molecule has 0 saturated carbocycles. The zero-order valence-corrected chi connectivity index (χ0v) is 20.0. The second-order valence-corrected chi connectivity index (χ2v) is 8.47. The summed E-state index contributed by atoms with van der Waals surface area (Å²) in [6.45, 7) is 0. The van der Waals surface area contributed by atoms with Gasteiger partial charge in [0.2, 0.25) is 0 Å². The minimum Gasteiger partial charge on any atom is -0.478 e. The zero-order chi connectivity index (χ0) is 25.7. The van der Waals surface area contributed by atoms with Crippen LogP contribution in [0.2, 0.25) is 10.0 Å². The molecule has 1 heterocycles. The van der Waals surface area contributed by atoms with Gasteiger partial charge < -0.3 is 20.3 Å². The number of ether oxygens (including phenoxy) is 1. The molecule has 0 amide bonds. The van der Waals surface area contributed by atoms with Crippen LogP contribution < -0.4 is 5.32 Å². The Hall–Kier alpha value is -3.62. The number of nitrogens with one attached hydrogen (secondary N) is 1. The Labute approximate surface area is 210 Å². The van der Waals surface area contributed by atoms with Crippen LogP contribution >= 0.6 is 23.2 Å². The lowest BCUT2D eigenvalue weighted by molar-refractivity contribution is -0.139. The van der Waals surface area contributed by atoms with Gasteiger partial charge in [0.15, 0.2) is 0 Å². The van der Waals surface area contributed by atoms with E-state index in [2.05, 4.69) is 5.32 Å². The number of aliphatic carboxylic acids is 2. The Morgan fingerprint density at radius 1 is 0.943 bits per heavy atom. The van der Waals surface area contributed by atoms with Crippen LogP contribution in [-0.4, -0.2) is 41.5 Å². The summed E-state index contributed by atoms with van der Waals surface area (Å²) >= 11 is 12.8. The molecule has 1 aliphatic heterocycles. The van der Waals surface area contributed by atoms with Gasteiger partial charge in [-0.05, 0) is 30.5 Å². The van der Waals surface area contributed by atoms with E-state index in [-0.39, 0.29) is 51.0 Å².